The number of aromatic amines is 1. The Bertz CT molecular complexity index is 231. The Morgan fingerprint density at radius 1 is 1.82 bits per heavy atom. The van der Waals surface area contributed by atoms with Gasteiger partial charge in [0.2, 0.25) is 0 Å². The molecule has 0 bridgehead atoms. The topological polar surface area (TPSA) is 56.3 Å². The smallest absolute Gasteiger partial charge is 0.252 e. The van der Waals surface area contributed by atoms with E-state index in [0.29, 0.717) is 0 Å². The third-order valence-corrected chi connectivity index (χ3v) is 1.48. The third-order valence-electron chi connectivity index (χ3n) is 1.48. The third kappa shape index (κ3) is 1.59. The number of anilines is 1. The van der Waals surface area contributed by atoms with Crippen molar-refractivity contribution in [2.24, 2.45) is 0 Å². The van der Waals surface area contributed by atoms with Gasteiger partial charge in [0, 0.05) is 19.4 Å². The lowest BCUT2D eigenvalue weighted by Gasteiger charge is -2.12. The number of hydrogen-bond donors (Lipinski definition) is 2. The number of rotatable bonds is 2. The lowest BCUT2D eigenvalue weighted by Crippen LogP contribution is -2.28. The number of aliphatic hydroxyl groups is 1. The Morgan fingerprint density at radius 3 is 3.00 bits per heavy atom. The summed E-state index contributed by atoms with van der Waals surface area (Å²) in [5, 5.41) is 8.50. The highest BCUT2D eigenvalue weighted by Crippen LogP contribution is 2.09. The van der Waals surface area contributed by atoms with Crippen molar-refractivity contribution >= 4 is 11.6 Å². The monoisotopic (exact) mass is 154 g/mol. The molecule has 1 aromatic heterocycles. The minimum atomic E-state index is -0.457. The minimum Gasteiger partial charge on any atom is -0.387 e. The highest BCUT2D eigenvalue weighted by Gasteiger charge is 2.08. The fourth-order valence-corrected chi connectivity index (χ4v) is 0.774. The van der Waals surface area contributed by atoms with Crippen LogP contribution in [0.5, 0.6) is 0 Å². The molecule has 0 spiro atoms. The number of carbonyl (C=O) groups is 1. The quantitative estimate of drug-likeness (QED) is 0.628. The molecule has 0 saturated heterocycles. The van der Waals surface area contributed by atoms with Gasteiger partial charge in [0.05, 0.1) is 5.69 Å². The largest absolute Gasteiger partial charge is 0.387 e. The van der Waals surface area contributed by atoms with Gasteiger partial charge in [-0.2, -0.15) is 0 Å². The molecule has 0 fully saturated rings. The van der Waals surface area contributed by atoms with E-state index >= 15 is 0 Å². The van der Waals surface area contributed by atoms with Crippen LogP contribution >= 0.6 is 0 Å². The highest BCUT2D eigenvalue weighted by atomic mass is 16.3. The molecular formula is C7H10N2O2. The van der Waals surface area contributed by atoms with E-state index in [9.17, 15) is 4.79 Å². The zero-order valence-corrected chi connectivity index (χ0v) is 6.24. The van der Waals surface area contributed by atoms with Crippen LogP contribution in [0.1, 0.15) is 0 Å². The van der Waals surface area contributed by atoms with Crippen LogP contribution in [0.4, 0.5) is 5.69 Å². The van der Waals surface area contributed by atoms with Gasteiger partial charge in [0.15, 0.2) is 0 Å². The molecule has 0 radical (unpaired) electrons. The van der Waals surface area contributed by atoms with E-state index in [1.54, 1.807) is 25.5 Å². The van der Waals surface area contributed by atoms with Gasteiger partial charge >= 0.3 is 0 Å². The van der Waals surface area contributed by atoms with Crippen molar-refractivity contribution in [1.29, 1.82) is 0 Å². The van der Waals surface area contributed by atoms with Gasteiger partial charge in [-0.3, -0.25) is 4.79 Å². The molecule has 4 nitrogen and oxygen atoms in total. The Kier molecular flexibility index (Phi) is 2.28. The van der Waals surface area contributed by atoms with E-state index in [0.717, 1.165) is 5.69 Å². The number of aromatic nitrogens is 1. The molecule has 0 aromatic carbocycles. The molecule has 11 heavy (non-hydrogen) atoms. The van der Waals surface area contributed by atoms with Crippen molar-refractivity contribution in [1.82, 2.24) is 4.98 Å². The molecule has 1 aromatic rings. The molecule has 0 aliphatic rings. The number of nitrogens with one attached hydrogen (secondary N) is 1. The second-order valence-corrected chi connectivity index (χ2v) is 2.18. The van der Waals surface area contributed by atoms with E-state index < -0.39 is 6.61 Å². The van der Waals surface area contributed by atoms with Crippen LogP contribution in [0.15, 0.2) is 18.5 Å². The van der Waals surface area contributed by atoms with Crippen molar-refractivity contribution in [3.63, 3.8) is 0 Å². The van der Waals surface area contributed by atoms with Gasteiger partial charge in [-0.15, -0.1) is 0 Å². The summed E-state index contributed by atoms with van der Waals surface area (Å²) in [6, 6.07) is 1.76. The fraction of sp³-hybridized carbons (Fsp3) is 0.286. The minimum absolute atomic E-state index is 0.315. The first kappa shape index (κ1) is 7.81. The average Bonchev–Trinajstić information content (AvgIpc) is 2.53. The number of carbonyl (C=O) groups excluding carboxylic acids is 1. The second-order valence-electron chi connectivity index (χ2n) is 2.18. The number of hydrogen-bond acceptors (Lipinski definition) is 2. The summed E-state index contributed by atoms with van der Waals surface area (Å²) in [7, 11) is 1.61. The second kappa shape index (κ2) is 3.21. The molecule has 0 aliphatic heterocycles. The maximum Gasteiger partial charge on any atom is 0.252 e. The van der Waals surface area contributed by atoms with E-state index in [1.165, 1.54) is 4.90 Å². The van der Waals surface area contributed by atoms with Crippen LogP contribution in [0.3, 0.4) is 0 Å². The molecule has 0 saturated carbocycles. The fourth-order valence-electron chi connectivity index (χ4n) is 0.774. The average molecular weight is 154 g/mol. The van der Waals surface area contributed by atoms with Gasteiger partial charge in [-0.25, -0.2) is 0 Å². The molecule has 60 valence electrons. The van der Waals surface area contributed by atoms with E-state index in [1.807, 2.05) is 0 Å². The highest BCUT2D eigenvalue weighted by molar-refractivity contribution is 5.93. The zero-order chi connectivity index (χ0) is 8.27. The van der Waals surface area contributed by atoms with E-state index in [-0.39, 0.29) is 5.91 Å². The summed E-state index contributed by atoms with van der Waals surface area (Å²) in [6.45, 7) is -0.457. The number of H-pyrrole nitrogens is 1. The van der Waals surface area contributed by atoms with Crippen LogP contribution in [-0.4, -0.2) is 29.7 Å². The van der Waals surface area contributed by atoms with Gasteiger partial charge in [-0.1, -0.05) is 0 Å². The lowest BCUT2D eigenvalue weighted by molar-refractivity contribution is -0.120. The summed E-state index contributed by atoms with van der Waals surface area (Å²) in [5.41, 5.74) is 0.754. The predicted octanol–water partition coefficient (Wildman–Crippen LogP) is -0.0302. The number of amides is 1. The summed E-state index contributed by atoms with van der Waals surface area (Å²) in [5.74, 6) is -0.315. The van der Waals surface area contributed by atoms with Crippen LogP contribution in [-0.2, 0) is 4.79 Å². The zero-order valence-electron chi connectivity index (χ0n) is 6.24. The maximum absolute atomic E-state index is 10.9. The molecule has 1 heterocycles. The number of likely N-dealkylation sites (N-methyl/N-ethyl adjacent to an activating group) is 1. The normalized spacial score (nSPS) is 9.64. The number of aliphatic hydroxyl groups excluding tert-OH is 1. The summed E-state index contributed by atoms with van der Waals surface area (Å²) >= 11 is 0. The van der Waals surface area contributed by atoms with E-state index in [2.05, 4.69) is 4.98 Å². The molecule has 0 aliphatic carbocycles. The molecule has 2 N–H and O–H groups in total. The summed E-state index contributed by atoms with van der Waals surface area (Å²) in [4.78, 5) is 15.1. The van der Waals surface area contributed by atoms with E-state index in [4.69, 9.17) is 5.11 Å². The van der Waals surface area contributed by atoms with Gasteiger partial charge < -0.3 is 15.0 Å². The van der Waals surface area contributed by atoms with Gasteiger partial charge in [0.25, 0.3) is 5.91 Å². The van der Waals surface area contributed by atoms with Crippen LogP contribution < -0.4 is 4.90 Å². The first-order valence-electron chi connectivity index (χ1n) is 3.26. The predicted molar refractivity (Wildman–Crippen MR) is 41.3 cm³/mol. The molecule has 4 heteroatoms. The lowest BCUT2D eigenvalue weighted by atomic mass is 10.4. The van der Waals surface area contributed by atoms with Crippen molar-refractivity contribution in [3.05, 3.63) is 18.5 Å². The van der Waals surface area contributed by atoms with Crippen molar-refractivity contribution in [3.8, 4) is 0 Å². The molecule has 0 atom stereocenters. The first-order chi connectivity index (χ1) is 5.25. The van der Waals surface area contributed by atoms with Crippen LogP contribution in [0, 0.1) is 0 Å². The number of nitrogens with zero attached hydrogens (tertiary/aromatic N) is 1. The van der Waals surface area contributed by atoms with Crippen LogP contribution in [0.25, 0.3) is 0 Å². The van der Waals surface area contributed by atoms with Crippen molar-refractivity contribution in [2.45, 2.75) is 0 Å². The standard InChI is InChI=1S/C7H10N2O2/c1-9(7(11)5-10)6-2-3-8-4-6/h2-4,8,10H,5H2,1H3. The Hall–Kier alpha value is -1.29. The molecule has 0 unspecified atom stereocenters. The molecule has 1 rings (SSSR count). The van der Waals surface area contributed by atoms with Crippen molar-refractivity contribution in [2.75, 3.05) is 18.6 Å². The molecular weight excluding hydrogens is 144 g/mol. The Labute approximate surface area is 64.5 Å². The Morgan fingerprint density at radius 2 is 2.55 bits per heavy atom. The Balaban J connectivity index is 2.70. The summed E-state index contributed by atoms with van der Waals surface area (Å²) < 4.78 is 0. The van der Waals surface area contributed by atoms with Crippen molar-refractivity contribution < 1.29 is 9.90 Å². The maximum atomic E-state index is 10.9. The SMILES string of the molecule is CN(C(=O)CO)c1cc[nH]c1. The van der Waals surface area contributed by atoms with Crippen LogP contribution in [0.2, 0.25) is 0 Å². The first-order valence-corrected chi connectivity index (χ1v) is 3.26. The van der Waals surface area contributed by atoms with Gasteiger partial charge in [0.1, 0.15) is 6.61 Å². The summed E-state index contributed by atoms with van der Waals surface area (Å²) in [6.07, 6.45) is 3.41. The van der Waals surface area contributed by atoms with Gasteiger partial charge in [-0.05, 0) is 6.07 Å². The molecule has 1 amide bonds.